The van der Waals surface area contributed by atoms with E-state index >= 15 is 0 Å². The molecule has 0 N–H and O–H groups in total. The summed E-state index contributed by atoms with van der Waals surface area (Å²) in [5, 5.41) is 0. The quantitative estimate of drug-likeness (QED) is 0.392. The smallest absolute Gasteiger partial charge is 0.287 e. The highest BCUT2D eigenvalue weighted by Crippen LogP contribution is 2.50. The van der Waals surface area contributed by atoms with E-state index in [9.17, 15) is 9.13 Å². The van der Waals surface area contributed by atoms with Gasteiger partial charge in [0.25, 0.3) is 0 Å². The van der Waals surface area contributed by atoms with E-state index in [2.05, 4.69) is 0 Å². The first-order valence-corrected chi connectivity index (χ1v) is 11.5. The van der Waals surface area contributed by atoms with Crippen LogP contribution in [0.2, 0.25) is 0 Å². The van der Waals surface area contributed by atoms with Gasteiger partial charge in [0.1, 0.15) is 0 Å². The summed E-state index contributed by atoms with van der Waals surface area (Å²) < 4.78 is 55.4. The zero-order chi connectivity index (χ0) is 19.5. The minimum Gasteiger partial charge on any atom is -0.287 e. The summed E-state index contributed by atoms with van der Waals surface area (Å²) in [4.78, 5) is 0. The van der Waals surface area contributed by atoms with Crippen molar-refractivity contribution in [1.29, 1.82) is 0 Å². The van der Waals surface area contributed by atoms with Gasteiger partial charge in [-0.2, -0.15) is 0 Å². The van der Waals surface area contributed by atoms with Crippen molar-refractivity contribution in [3.8, 4) is 0 Å². The van der Waals surface area contributed by atoms with Crippen molar-refractivity contribution >= 4 is 15.6 Å². The van der Waals surface area contributed by atoms with E-state index < -0.39 is 15.6 Å². The van der Waals surface area contributed by atoms with Crippen LogP contribution in [-0.2, 0) is 49.5 Å². The third-order valence-corrected chi connectivity index (χ3v) is 6.14. The average Bonchev–Trinajstić information content (AvgIpc) is 2.60. The molecule has 10 heteroatoms. The highest BCUT2D eigenvalue weighted by atomic mass is 31.2. The van der Waals surface area contributed by atoms with Crippen molar-refractivity contribution in [2.24, 2.45) is 0 Å². The lowest BCUT2D eigenvalue weighted by Gasteiger charge is -2.17. The largest absolute Gasteiger partial charge is 0.475 e. The van der Waals surface area contributed by atoms with Gasteiger partial charge in [-0.05, 0) is 38.8 Å². The molecular formula is C16H28O8P2. The lowest BCUT2D eigenvalue weighted by atomic mass is 10.1. The van der Waals surface area contributed by atoms with Gasteiger partial charge in [-0.1, -0.05) is 24.3 Å². The minimum atomic E-state index is -3.54. The van der Waals surface area contributed by atoms with Gasteiger partial charge in [0.05, 0.1) is 39.6 Å². The molecule has 0 radical (unpaired) electrons. The minimum absolute atomic E-state index is 0.0782. The monoisotopic (exact) mass is 410 g/mol. The maximum atomic E-state index is 12.2. The summed E-state index contributed by atoms with van der Waals surface area (Å²) in [6, 6.07) is 7.14. The Morgan fingerprint density at radius 1 is 0.577 bits per heavy atom. The zero-order valence-electron chi connectivity index (χ0n) is 15.7. The molecule has 0 amide bonds. The topological polar surface area (TPSA) is 89.5 Å². The first-order chi connectivity index (χ1) is 12.4. The van der Waals surface area contributed by atoms with Gasteiger partial charge in [-0.25, -0.2) is 9.13 Å². The molecule has 0 saturated carbocycles. The normalized spacial score (nSPS) is 12.5. The van der Waals surface area contributed by atoms with Gasteiger partial charge in [0, 0.05) is 0 Å². The first-order valence-electron chi connectivity index (χ1n) is 8.55. The molecule has 0 unspecified atom stereocenters. The number of phosphoric ester groups is 2. The molecule has 1 rings (SSSR count). The van der Waals surface area contributed by atoms with Crippen LogP contribution in [-0.4, -0.2) is 26.4 Å². The van der Waals surface area contributed by atoms with Crippen LogP contribution >= 0.6 is 15.6 Å². The van der Waals surface area contributed by atoms with E-state index in [-0.39, 0.29) is 39.6 Å². The van der Waals surface area contributed by atoms with Crippen LogP contribution in [0.15, 0.2) is 24.3 Å². The van der Waals surface area contributed by atoms with Crippen molar-refractivity contribution in [3.05, 3.63) is 35.4 Å². The molecule has 0 aliphatic heterocycles. The summed E-state index contributed by atoms with van der Waals surface area (Å²) in [6.07, 6.45) is 0. The molecule has 0 spiro atoms. The summed E-state index contributed by atoms with van der Waals surface area (Å²) in [6.45, 7) is 7.94. The number of hydrogen-bond donors (Lipinski definition) is 0. The van der Waals surface area contributed by atoms with Gasteiger partial charge < -0.3 is 0 Å². The standard InChI is InChI=1S/C16H28O8P2/c1-5-19-25(17,20-6-2)23-13-15-9-11-16(12-10-15)14-24-26(18,21-7-3)22-8-4/h9-12H,5-8,13-14H2,1-4H3. The predicted molar refractivity (Wildman–Crippen MR) is 97.7 cm³/mol. The summed E-state index contributed by atoms with van der Waals surface area (Å²) >= 11 is 0. The molecule has 0 aliphatic rings. The van der Waals surface area contributed by atoms with E-state index in [0.29, 0.717) is 0 Å². The van der Waals surface area contributed by atoms with Crippen LogP contribution in [0.4, 0.5) is 0 Å². The van der Waals surface area contributed by atoms with Gasteiger partial charge in [-0.3, -0.25) is 27.1 Å². The van der Waals surface area contributed by atoms with E-state index in [1.807, 2.05) is 0 Å². The van der Waals surface area contributed by atoms with Crippen molar-refractivity contribution in [2.75, 3.05) is 26.4 Å². The van der Waals surface area contributed by atoms with Crippen molar-refractivity contribution in [3.63, 3.8) is 0 Å². The Balaban J connectivity index is 2.60. The summed E-state index contributed by atoms with van der Waals surface area (Å²) in [7, 11) is -7.08. The lowest BCUT2D eigenvalue weighted by molar-refractivity contribution is 0.114. The Kier molecular flexibility index (Phi) is 10.8. The second-order valence-corrected chi connectivity index (χ2v) is 8.27. The molecule has 0 atom stereocenters. The third-order valence-electron chi connectivity index (χ3n) is 2.95. The van der Waals surface area contributed by atoms with Crippen molar-refractivity contribution in [2.45, 2.75) is 40.9 Å². The van der Waals surface area contributed by atoms with Crippen LogP contribution in [0.25, 0.3) is 0 Å². The molecule has 1 aromatic rings. The fourth-order valence-electron chi connectivity index (χ4n) is 1.89. The Bertz CT molecular complexity index is 532. The fraction of sp³-hybridized carbons (Fsp3) is 0.625. The molecule has 0 saturated heterocycles. The van der Waals surface area contributed by atoms with E-state index in [1.165, 1.54) is 0 Å². The summed E-state index contributed by atoms with van der Waals surface area (Å²) in [5.74, 6) is 0. The first kappa shape index (κ1) is 23.5. The van der Waals surface area contributed by atoms with Gasteiger partial charge in [-0.15, -0.1) is 0 Å². The Morgan fingerprint density at radius 2 is 0.846 bits per heavy atom. The molecule has 1 aromatic carbocycles. The van der Waals surface area contributed by atoms with Crippen LogP contribution in [0.3, 0.4) is 0 Å². The zero-order valence-corrected chi connectivity index (χ0v) is 17.5. The van der Waals surface area contributed by atoms with Crippen LogP contribution in [0.5, 0.6) is 0 Å². The number of hydrogen-bond acceptors (Lipinski definition) is 8. The molecule has 0 aromatic heterocycles. The Morgan fingerprint density at radius 3 is 1.08 bits per heavy atom. The molecule has 150 valence electrons. The lowest BCUT2D eigenvalue weighted by Crippen LogP contribution is -2.01. The molecular weight excluding hydrogens is 382 g/mol. The van der Waals surface area contributed by atoms with E-state index in [1.54, 1.807) is 52.0 Å². The molecule has 0 bridgehead atoms. The number of rotatable bonds is 14. The van der Waals surface area contributed by atoms with E-state index in [4.69, 9.17) is 27.1 Å². The molecule has 26 heavy (non-hydrogen) atoms. The molecule has 0 fully saturated rings. The fourth-order valence-corrected chi connectivity index (χ4v) is 4.22. The molecule has 0 heterocycles. The molecule has 8 nitrogen and oxygen atoms in total. The van der Waals surface area contributed by atoms with Crippen LogP contribution in [0.1, 0.15) is 38.8 Å². The second kappa shape index (κ2) is 12.0. The number of benzene rings is 1. The highest BCUT2D eigenvalue weighted by molar-refractivity contribution is 7.48. The van der Waals surface area contributed by atoms with E-state index in [0.717, 1.165) is 11.1 Å². The van der Waals surface area contributed by atoms with Gasteiger partial charge in [0.2, 0.25) is 0 Å². The van der Waals surface area contributed by atoms with Crippen molar-refractivity contribution in [1.82, 2.24) is 0 Å². The van der Waals surface area contributed by atoms with Crippen LogP contribution < -0.4 is 0 Å². The summed E-state index contributed by atoms with van der Waals surface area (Å²) in [5.41, 5.74) is 1.57. The predicted octanol–water partition coefficient (Wildman–Crippen LogP) is 5.08. The maximum Gasteiger partial charge on any atom is 0.475 e. The highest BCUT2D eigenvalue weighted by Gasteiger charge is 2.26. The third kappa shape index (κ3) is 8.42. The maximum absolute atomic E-state index is 12.2. The Labute approximate surface area is 155 Å². The van der Waals surface area contributed by atoms with Gasteiger partial charge >= 0.3 is 15.6 Å². The van der Waals surface area contributed by atoms with Gasteiger partial charge in [0.15, 0.2) is 0 Å². The molecule has 0 aliphatic carbocycles. The number of phosphoric acid groups is 2. The Hall–Kier alpha value is -0.560. The second-order valence-electron chi connectivity index (χ2n) is 4.93. The van der Waals surface area contributed by atoms with Crippen molar-refractivity contribution < 1.29 is 36.3 Å². The average molecular weight is 410 g/mol. The van der Waals surface area contributed by atoms with Crippen LogP contribution in [0, 0.1) is 0 Å². The SMILES string of the molecule is CCOP(=O)(OCC)OCc1ccc(COP(=O)(OCC)OCC)cc1.